The minimum absolute atomic E-state index is 0.237. The van der Waals surface area contributed by atoms with E-state index in [0.717, 1.165) is 31.9 Å². The fraction of sp³-hybridized carbons (Fsp3) is 0.316. The van der Waals surface area contributed by atoms with Gasteiger partial charge < -0.3 is 19.9 Å². The van der Waals surface area contributed by atoms with Gasteiger partial charge in [0.05, 0.1) is 12.7 Å². The van der Waals surface area contributed by atoms with Crippen LogP contribution in [0.25, 0.3) is 0 Å². The molecule has 2 heterocycles. The summed E-state index contributed by atoms with van der Waals surface area (Å²) in [5.41, 5.74) is 2.39. The van der Waals surface area contributed by atoms with E-state index in [-0.39, 0.29) is 11.6 Å². The van der Waals surface area contributed by atoms with Gasteiger partial charge in [0.1, 0.15) is 5.69 Å². The van der Waals surface area contributed by atoms with Gasteiger partial charge in [0.2, 0.25) is 0 Å². The van der Waals surface area contributed by atoms with Gasteiger partial charge in [-0.25, -0.2) is 4.79 Å². The van der Waals surface area contributed by atoms with Crippen molar-refractivity contribution in [3.63, 3.8) is 0 Å². The van der Waals surface area contributed by atoms with Crippen LogP contribution >= 0.6 is 0 Å². The van der Waals surface area contributed by atoms with Crippen molar-refractivity contribution >= 4 is 23.3 Å². The molecule has 0 bridgehead atoms. The van der Waals surface area contributed by atoms with Crippen molar-refractivity contribution in [2.75, 3.05) is 50.6 Å². The molecule has 1 saturated heterocycles. The Balaban J connectivity index is 1.61. The molecule has 0 aliphatic carbocycles. The highest BCUT2D eigenvalue weighted by atomic mass is 16.5. The Morgan fingerprint density at radius 2 is 1.73 bits per heavy atom. The molecule has 1 aromatic carbocycles. The van der Waals surface area contributed by atoms with Crippen LogP contribution < -0.4 is 10.2 Å². The van der Waals surface area contributed by atoms with E-state index < -0.39 is 5.97 Å². The van der Waals surface area contributed by atoms with Gasteiger partial charge >= 0.3 is 5.97 Å². The van der Waals surface area contributed by atoms with Crippen LogP contribution in [0.5, 0.6) is 0 Å². The number of carbonyl (C=O) groups is 2. The Morgan fingerprint density at radius 3 is 2.31 bits per heavy atom. The number of pyridine rings is 1. The van der Waals surface area contributed by atoms with Gasteiger partial charge in [0, 0.05) is 43.8 Å². The zero-order valence-electron chi connectivity index (χ0n) is 14.9. The lowest BCUT2D eigenvalue weighted by atomic mass is 10.2. The third-order valence-corrected chi connectivity index (χ3v) is 4.41. The molecule has 3 rings (SSSR count). The van der Waals surface area contributed by atoms with Crippen LogP contribution in [0.3, 0.4) is 0 Å². The molecule has 7 heteroatoms. The fourth-order valence-corrected chi connectivity index (χ4v) is 2.78. The molecule has 1 aliphatic rings. The summed E-state index contributed by atoms with van der Waals surface area (Å²) in [5, 5.41) is 2.81. The second-order valence-corrected chi connectivity index (χ2v) is 6.22. The van der Waals surface area contributed by atoms with Crippen LogP contribution in [0.2, 0.25) is 0 Å². The highest BCUT2D eigenvalue weighted by molar-refractivity contribution is 6.03. The van der Waals surface area contributed by atoms with E-state index >= 15 is 0 Å². The first-order valence-electron chi connectivity index (χ1n) is 8.46. The number of piperazine rings is 1. The van der Waals surface area contributed by atoms with Crippen LogP contribution in [0.4, 0.5) is 11.4 Å². The highest BCUT2D eigenvalue weighted by Crippen LogP contribution is 2.19. The maximum Gasteiger partial charge on any atom is 0.339 e. The summed E-state index contributed by atoms with van der Waals surface area (Å²) in [7, 11) is 3.43. The largest absolute Gasteiger partial charge is 0.465 e. The number of hydrogen-bond donors (Lipinski definition) is 1. The van der Waals surface area contributed by atoms with Crippen molar-refractivity contribution in [1.82, 2.24) is 9.88 Å². The smallest absolute Gasteiger partial charge is 0.339 e. The summed E-state index contributed by atoms with van der Waals surface area (Å²) in [6, 6.07) is 10.8. The summed E-state index contributed by atoms with van der Waals surface area (Å²) < 4.78 is 4.61. The molecule has 136 valence electrons. The number of methoxy groups -OCH3 is 1. The number of amides is 1. The van der Waals surface area contributed by atoms with E-state index in [2.05, 4.69) is 31.9 Å². The van der Waals surface area contributed by atoms with E-state index in [9.17, 15) is 9.59 Å². The normalized spacial score (nSPS) is 14.8. The lowest BCUT2D eigenvalue weighted by Gasteiger charge is -2.34. The van der Waals surface area contributed by atoms with E-state index in [1.807, 2.05) is 24.3 Å². The van der Waals surface area contributed by atoms with Gasteiger partial charge in [0.15, 0.2) is 0 Å². The SMILES string of the molecule is COC(=O)c1ccc(C(=O)Nc2ccc(N3CCN(C)CC3)cc2)nc1. The highest BCUT2D eigenvalue weighted by Gasteiger charge is 2.15. The second-order valence-electron chi connectivity index (χ2n) is 6.22. The number of nitrogens with one attached hydrogen (secondary N) is 1. The molecule has 1 aromatic heterocycles. The third-order valence-electron chi connectivity index (χ3n) is 4.41. The van der Waals surface area contributed by atoms with Gasteiger partial charge in [-0.15, -0.1) is 0 Å². The topological polar surface area (TPSA) is 74.8 Å². The summed E-state index contributed by atoms with van der Waals surface area (Å²) in [6.07, 6.45) is 1.33. The molecule has 7 nitrogen and oxygen atoms in total. The van der Waals surface area contributed by atoms with E-state index in [1.165, 1.54) is 25.4 Å². The number of anilines is 2. The van der Waals surface area contributed by atoms with Crippen molar-refractivity contribution in [1.29, 1.82) is 0 Å². The molecule has 0 radical (unpaired) electrons. The standard InChI is InChI=1S/C19H22N4O3/c1-22-9-11-23(12-10-22)16-6-4-15(5-7-16)21-18(24)17-8-3-14(13-20-17)19(25)26-2/h3-8,13H,9-12H2,1-2H3,(H,21,24). The van der Waals surface area contributed by atoms with E-state index in [0.29, 0.717) is 11.3 Å². The average molecular weight is 354 g/mol. The van der Waals surface area contributed by atoms with Crippen LogP contribution in [0.1, 0.15) is 20.8 Å². The van der Waals surface area contributed by atoms with Crippen molar-refractivity contribution in [2.45, 2.75) is 0 Å². The Kier molecular flexibility index (Phi) is 5.48. The van der Waals surface area contributed by atoms with Crippen molar-refractivity contribution in [3.05, 3.63) is 53.9 Å². The van der Waals surface area contributed by atoms with E-state index in [4.69, 9.17) is 0 Å². The lowest BCUT2D eigenvalue weighted by Crippen LogP contribution is -2.44. The maximum atomic E-state index is 12.3. The van der Waals surface area contributed by atoms with Crippen LogP contribution in [-0.2, 0) is 4.74 Å². The predicted molar refractivity (Wildman–Crippen MR) is 99.7 cm³/mol. The molecule has 1 N–H and O–H groups in total. The first-order chi connectivity index (χ1) is 12.6. The van der Waals surface area contributed by atoms with Gasteiger partial charge in [-0.1, -0.05) is 0 Å². The van der Waals surface area contributed by atoms with Gasteiger partial charge in [-0.05, 0) is 43.4 Å². The number of likely N-dealkylation sites (N-methyl/N-ethyl adjacent to an activating group) is 1. The van der Waals surface area contributed by atoms with Crippen LogP contribution in [0.15, 0.2) is 42.6 Å². The molecule has 0 saturated carbocycles. The molecular weight excluding hydrogens is 332 g/mol. The Morgan fingerprint density at radius 1 is 1.04 bits per heavy atom. The maximum absolute atomic E-state index is 12.3. The van der Waals surface area contributed by atoms with Gasteiger partial charge in [-0.3, -0.25) is 9.78 Å². The summed E-state index contributed by atoms with van der Waals surface area (Å²) >= 11 is 0. The second kappa shape index (κ2) is 7.97. The Bertz CT molecular complexity index is 766. The summed E-state index contributed by atoms with van der Waals surface area (Å²) in [6.45, 7) is 4.09. The molecular formula is C19H22N4O3. The number of benzene rings is 1. The third kappa shape index (κ3) is 4.18. The first kappa shape index (κ1) is 17.9. The quantitative estimate of drug-likeness (QED) is 0.845. The molecule has 0 spiro atoms. The summed E-state index contributed by atoms with van der Waals surface area (Å²) in [4.78, 5) is 32.3. The van der Waals surface area contributed by atoms with E-state index in [1.54, 1.807) is 0 Å². The number of hydrogen-bond acceptors (Lipinski definition) is 6. The average Bonchev–Trinajstić information content (AvgIpc) is 2.69. The number of rotatable bonds is 4. The van der Waals surface area contributed by atoms with Crippen LogP contribution in [-0.4, -0.2) is 62.1 Å². The first-order valence-corrected chi connectivity index (χ1v) is 8.46. The molecule has 0 atom stereocenters. The molecule has 1 fully saturated rings. The minimum Gasteiger partial charge on any atom is -0.465 e. The van der Waals surface area contributed by atoms with Crippen molar-refractivity contribution in [3.8, 4) is 0 Å². The van der Waals surface area contributed by atoms with Gasteiger partial charge in [-0.2, -0.15) is 0 Å². The monoisotopic (exact) mass is 354 g/mol. The zero-order chi connectivity index (χ0) is 18.5. The zero-order valence-corrected chi connectivity index (χ0v) is 14.9. The predicted octanol–water partition coefficient (Wildman–Crippen LogP) is 1.87. The van der Waals surface area contributed by atoms with Crippen molar-refractivity contribution in [2.24, 2.45) is 0 Å². The Hall–Kier alpha value is -2.93. The molecule has 1 amide bonds. The fourth-order valence-electron chi connectivity index (χ4n) is 2.78. The number of ether oxygens (including phenoxy) is 1. The molecule has 1 aliphatic heterocycles. The minimum atomic E-state index is -0.482. The molecule has 26 heavy (non-hydrogen) atoms. The van der Waals surface area contributed by atoms with Gasteiger partial charge in [0.25, 0.3) is 5.91 Å². The van der Waals surface area contributed by atoms with Crippen molar-refractivity contribution < 1.29 is 14.3 Å². The summed E-state index contributed by atoms with van der Waals surface area (Å²) in [5.74, 6) is -0.808. The number of aromatic nitrogens is 1. The Labute approximate surface area is 152 Å². The molecule has 2 aromatic rings. The number of nitrogens with zero attached hydrogens (tertiary/aromatic N) is 3. The van der Waals surface area contributed by atoms with Crippen LogP contribution in [0, 0.1) is 0 Å². The number of carbonyl (C=O) groups excluding carboxylic acids is 2. The number of esters is 1. The lowest BCUT2D eigenvalue weighted by molar-refractivity contribution is 0.0600. The molecule has 0 unspecified atom stereocenters.